The van der Waals surface area contributed by atoms with Gasteiger partial charge < -0.3 is 10.0 Å². The number of nitrogens with zero attached hydrogens (tertiary/aromatic N) is 3. The van der Waals surface area contributed by atoms with E-state index in [1.54, 1.807) is 24.0 Å². The molecule has 1 rings (SSSR count). The minimum Gasteiger partial charge on any atom is -0.481 e. The van der Waals surface area contributed by atoms with Gasteiger partial charge >= 0.3 is 11.7 Å². The summed E-state index contributed by atoms with van der Waals surface area (Å²) in [7, 11) is 0. The first-order valence-corrected chi connectivity index (χ1v) is 5.65. The summed E-state index contributed by atoms with van der Waals surface area (Å²) in [6.07, 6.45) is -0.123. The Morgan fingerprint density at radius 2 is 2.26 bits per heavy atom. The Morgan fingerprint density at radius 3 is 2.74 bits per heavy atom. The van der Waals surface area contributed by atoms with Crippen LogP contribution >= 0.6 is 0 Å². The van der Waals surface area contributed by atoms with Crippen LogP contribution in [0.1, 0.15) is 18.9 Å². The molecule has 0 saturated heterocycles. The van der Waals surface area contributed by atoms with Gasteiger partial charge in [0.2, 0.25) is 0 Å². The number of benzene rings is 1. The highest BCUT2D eigenvalue weighted by Gasteiger charge is 2.23. The lowest BCUT2D eigenvalue weighted by Crippen LogP contribution is -2.26. The molecule has 0 aliphatic heterocycles. The van der Waals surface area contributed by atoms with Gasteiger partial charge in [0.1, 0.15) is 17.3 Å². The molecule has 0 fully saturated rings. The second kappa shape index (κ2) is 6.35. The monoisotopic (exact) mass is 263 g/mol. The normalized spacial score (nSPS) is 9.68. The molecule has 0 atom stereocenters. The molecule has 0 radical (unpaired) electrons. The second-order valence-corrected chi connectivity index (χ2v) is 3.77. The quantitative estimate of drug-likeness (QED) is 0.619. The van der Waals surface area contributed by atoms with Gasteiger partial charge in [-0.2, -0.15) is 5.26 Å². The highest BCUT2D eigenvalue weighted by molar-refractivity contribution is 5.71. The van der Waals surface area contributed by atoms with Gasteiger partial charge in [-0.05, 0) is 19.1 Å². The Morgan fingerprint density at radius 1 is 1.58 bits per heavy atom. The van der Waals surface area contributed by atoms with E-state index < -0.39 is 10.9 Å². The van der Waals surface area contributed by atoms with E-state index in [0.29, 0.717) is 6.54 Å². The van der Waals surface area contributed by atoms with E-state index in [1.807, 2.05) is 0 Å². The number of carboxylic acid groups (broad SMARTS) is 1. The first-order chi connectivity index (χ1) is 9.01. The van der Waals surface area contributed by atoms with Crippen LogP contribution in [-0.4, -0.2) is 29.1 Å². The van der Waals surface area contributed by atoms with Gasteiger partial charge in [0, 0.05) is 13.1 Å². The summed E-state index contributed by atoms with van der Waals surface area (Å²) in [5.41, 5.74) is -0.0405. The summed E-state index contributed by atoms with van der Waals surface area (Å²) in [6, 6.07) is 6.21. The van der Waals surface area contributed by atoms with Crippen LogP contribution < -0.4 is 4.90 Å². The summed E-state index contributed by atoms with van der Waals surface area (Å²) < 4.78 is 0. The topological polar surface area (TPSA) is 107 Å². The minimum atomic E-state index is -0.974. The summed E-state index contributed by atoms with van der Waals surface area (Å²) in [5.74, 6) is -0.974. The molecular formula is C12H13N3O4. The lowest BCUT2D eigenvalue weighted by molar-refractivity contribution is -0.384. The zero-order valence-corrected chi connectivity index (χ0v) is 10.4. The molecule has 0 amide bonds. The zero-order valence-electron chi connectivity index (χ0n) is 10.4. The van der Waals surface area contributed by atoms with Gasteiger partial charge in [0.05, 0.1) is 11.3 Å². The molecule has 1 N–H and O–H groups in total. The highest BCUT2D eigenvalue weighted by Crippen LogP contribution is 2.31. The molecule has 7 nitrogen and oxygen atoms in total. The van der Waals surface area contributed by atoms with Crippen molar-refractivity contribution >= 4 is 17.3 Å². The highest BCUT2D eigenvalue weighted by atomic mass is 16.6. The van der Waals surface area contributed by atoms with E-state index in [4.69, 9.17) is 10.4 Å². The number of carbonyl (C=O) groups is 1. The van der Waals surface area contributed by atoms with E-state index >= 15 is 0 Å². The largest absolute Gasteiger partial charge is 0.481 e. The fourth-order valence-electron chi connectivity index (χ4n) is 1.75. The van der Waals surface area contributed by atoms with Crippen LogP contribution in [0.4, 0.5) is 11.4 Å². The van der Waals surface area contributed by atoms with Gasteiger partial charge in [-0.1, -0.05) is 6.07 Å². The maximum atomic E-state index is 11.1. The average molecular weight is 263 g/mol. The summed E-state index contributed by atoms with van der Waals surface area (Å²) in [5, 5.41) is 28.6. The van der Waals surface area contributed by atoms with Gasteiger partial charge in [-0.15, -0.1) is 0 Å². The van der Waals surface area contributed by atoms with Gasteiger partial charge in [-0.3, -0.25) is 14.9 Å². The van der Waals surface area contributed by atoms with E-state index in [0.717, 1.165) is 0 Å². The van der Waals surface area contributed by atoms with Crippen LogP contribution in [0.25, 0.3) is 0 Å². The van der Waals surface area contributed by atoms with Gasteiger partial charge in [-0.25, -0.2) is 0 Å². The van der Waals surface area contributed by atoms with Crippen molar-refractivity contribution in [2.75, 3.05) is 18.0 Å². The fourth-order valence-corrected chi connectivity index (χ4v) is 1.75. The van der Waals surface area contributed by atoms with Crippen molar-refractivity contribution < 1.29 is 14.8 Å². The third-order valence-corrected chi connectivity index (χ3v) is 2.64. The Labute approximate surface area is 109 Å². The molecule has 1 aromatic carbocycles. The number of nitro groups is 1. The molecule has 0 aromatic heterocycles. The number of anilines is 1. The van der Waals surface area contributed by atoms with Crippen molar-refractivity contribution in [1.82, 2.24) is 0 Å². The molecular weight excluding hydrogens is 250 g/mol. The van der Waals surface area contributed by atoms with Crippen LogP contribution in [0.15, 0.2) is 18.2 Å². The van der Waals surface area contributed by atoms with Crippen LogP contribution in [-0.2, 0) is 4.79 Å². The van der Waals surface area contributed by atoms with E-state index in [-0.39, 0.29) is 29.9 Å². The lowest BCUT2D eigenvalue weighted by atomic mass is 10.1. The molecule has 0 aliphatic carbocycles. The Balaban J connectivity index is 3.20. The number of nitriles is 1. The minimum absolute atomic E-state index is 0.0312. The number of hydrogen-bond acceptors (Lipinski definition) is 5. The maximum Gasteiger partial charge on any atom is 0.310 e. The molecule has 0 saturated carbocycles. The Bertz CT molecular complexity index is 536. The van der Waals surface area contributed by atoms with Crippen LogP contribution in [0.3, 0.4) is 0 Å². The third-order valence-electron chi connectivity index (χ3n) is 2.64. The van der Waals surface area contributed by atoms with Crippen molar-refractivity contribution in [1.29, 1.82) is 5.26 Å². The molecule has 7 heteroatoms. The van der Waals surface area contributed by atoms with E-state index in [9.17, 15) is 14.9 Å². The molecule has 1 aromatic rings. The van der Waals surface area contributed by atoms with Crippen molar-refractivity contribution in [2.45, 2.75) is 13.3 Å². The lowest BCUT2D eigenvalue weighted by Gasteiger charge is -2.22. The average Bonchev–Trinajstić information content (AvgIpc) is 2.38. The second-order valence-electron chi connectivity index (χ2n) is 3.77. The predicted molar refractivity (Wildman–Crippen MR) is 68.0 cm³/mol. The first-order valence-electron chi connectivity index (χ1n) is 5.65. The molecule has 100 valence electrons. The number of para-hydroxylation sites is 1. The maximum absolute atomic E-state index is 11.1. The standard InChI is InChI=1S/C12H13N3O4/c1-2-14(7-6-11(16)17)10-5-3-4-9(8-13)12(10)15(18)19/h3-5H,2,6-7H2,1H3,(H,16,17). The van der Waals surface area contributed by atoms with Crippen molar-refractivity contribution in [3.05, 3.63) is 33.9 Å². The molecule has 0 spiro atoms. The summed E-state index contributed by atoms with van der Waals surface area (Å²) in [4.78, 5) is 22.6. The molecule has 0 unspecified atom stereocenters. The Kier molecular flexibility index (Phi) is 4.83. The van der Waals surface area contributed by atoms with Gasteiger partial charge in [0.25, 0.3) is 0 Å². The number of aliphatic carboxylic acids is 1. The Hall–Kier alpha value is -2.62. The fraction of sp³-hybridized carbons (Fsp3) is 0.333. The number of nitro benzene ring substituents is 1. The number of hydrogen-bond donors (Lipinski definition) is 1. The van der Waals surface area contributed by atoms with E-state index in [2.05, 4.69) is 0 Å². The van der Waals surface area contributed by atoms with Crippen LogP contribution in [0, 0.1) is 21.4 Å². The van der Waals surface area contributed by atoms with E-state index in [1.165, 1.54) is 12.1 Å². The summed E-state index contributed by atoms with van der Waals surface area (Å²) in [6.45, 7) is 2.34. The summed E-state index contributed by atoms with van der Waals surface area (Å²) >= 11 is 0. The smallest absolute Gasteiger partial charge is 0.310 e. The van der Waals surface area contributed by atoms with Crippen molar-refractivity contribution in [2.24, 2.45) is 0 Å². The number of rotatable bonds is 6. The van der Waals surface area contributed by atoms with Crippen LogP contribution in [0.5, 0.6) is 0 Å². The molecule has 0 aliphatic rings. The van der Waals surface area contributed by atoms with Crippen molar-refractivity contribution in [3.8, 4) is 6.07 Å². The van der Waals surface area contributed by atoms with Gasteiger partial charge in [0.15, 0.2) is 0 Å². The predicted octanol–water partition coefficient (Wildman–Crippen LogP) is 1.77. The molecule has 19 heavy (non-hydrogen) atoms. The molecule has 0 heterocycles. The SMILES string of the molecule is CCN(CCC(=O)O)c1cccc(C#N)c1[N+](=O)[O-]. The van der Waals surface area contributed by atoms with Crippen molar-refractivity contribution in [3.63, 3.8) is 0 Å². The third kappa shape index (κ3) is 3.42. The van der Waals surface area contributed by atoms with Crippen LogP contribution in [0.2, 0.25) is 0 Å². The molecule has 0 bridgehead atoms. The number of carboxylic acids is 1. The zero-order chi connectivity index (χ0) is 14.4. The first kappa shape index (κ1) is 14.4.